The van der Waals surface area contributed by atoms with Crippen molar-refractivity contribution in [3.8, 4) is 5.75 Å². The van der Waals surface area contributed by atoms with Gasteiger partial charge in [0.15, 0.2) is 11.6 Å². The third-order valence-electron chi connectivity index (χ3n) is 6.45. The van der Waals surface area contributed by atoms with Crippen molar-refractivity contribution in [3.05, 3.63) is 59.7 Å². The van der Waals surface area contributed by atoms with Crippen LogP contribution in [-0.4, -0.2) is 36.0 Å². The molecule has 1 saturated carbocycles. The van der Waals surface area contributed by atoms with Crippen molar-refractivity contribution >= 4 is 5.91 Å². The predicted molar refractivity (Wildman–Crippen MR) is 113 cm³/mol. The van der Waals surface area contributed by atoms with Crippen LogP contribution in [0.15, 0.2) is 42.6 Å². The molecule has 5 nitrogen and oxygen atoms in total. The van der Waals surface area contributed by atoms with E-state index >= 15 is 0 Å². The summed E-state index contributed by atoms with van der Waals surface area (Å²) in [5.41, 5.74) is 1.55. The zero-order chi connectivity index (χ0) is 20.9. The molecule has 1 aliphatic carbocycles. The quantitative estimate of drug-likeness (QED) is 0.745. The molecule has 1 amide bonds. The Morgan fingerprint density at radius 1 is 1.23 bits per heavy atom. The summed E-state index contributed by atoms with van der Waals surface area (Å²) in [4.78, 5) is 19.5. The van der Waals surface area contributed by atoms with Crippen LogP contribution < -0.4 is 10.1 Å². The number of methoxy groups -OCH3 is 1. The number of hydrogen-bond acceptors (Lipinski definition) is 4. The number of halogens is 1. The van der Waals surface area contributed by atoms with Gasteiger partial charge in [0.1, 0.15) is 0 Å². The molecule has 0 spiro atoms. The Labute approximate surface area is 177 Å². The molecule has 160 valence electrons. The van der Waals surface area contributed by atoms with E-state index in [1.54, 1.807) is 12.3 Å². The molecule has 2 heterocycles. The first-order valence-corrected chi connectivity index (χ1v) is 10.9. The Morgan fingerprint density at radius 2 is 2.10 bits per heavy atom. The second-order valence-corrected chi connectivity index (χ2v) is 8.44. The molecule has 2 aromatic rings. The fraction of sp³-hybridized carbons (Fsp3) is 0.500. The Hall–Kier alpha value is -2.47. The lowest BCUT2D eigenvalue weighted by atomic mass is 9.83. The van der Waals surface area contributed by atoms with Gasteiger partial charge >= 0.3 is 0 Å². The van der Waals surface area contributed by atoms with Gasteiger partial charge in [0.2, 0.25) is 5.91 Å². The Balaban J connectivity index is 1.49. The second kappa shape index (κ2) is 9.56. The van der Waals surface area contributed by atoms with Crippen molar-refractivity contribution in [2.75, 3.05) is 20.2 Å². The topological polar surface area (TPSA) is 54.5 Å². The molecule has 6 heteroatoms. The number of ether oxygens (including phenoxy) is 1. The Bertz CT molecular complexity index is 857. The van der Waals surface area contributed by atoms with Crippen LogP contribution in [0.5, 0.6) is 5.75 Å². The summed E-state index contributed by atoms with van der Waals surface area (Å²) in [6.07, 6.45) is 6.90. The number of nitrogens with zero attached hydrogens (tertiary/aromatic N) is 2. The molecule has 1 aliphatic heterocycles. The predicted octanol–water partition coefficient (Wildman–Crippen LogP) is 4.10. The fourth-order valence-corrected chi connectivity index (χ4v) is 4.52. The number of hydrogen-bond donors (Lipinski definition) is 1. The highest BCUT2D eigenvalue weighted by atomic mass is 19.1. The molecule has 0 bridgehead atoms. The lowest BCUT2D eigenvalue weighted by Gasteiger charge is -2.38. The maximum Gasteiger partial charge on any atom is 0.223 e. The molecule has 1 saturated heterocycles. The number of piperidine rings is 1. The SMILES string of the molecule is COc1cccc(CN2CCC[C@H]([C@@H](NC(=O)C3CCC3)c3ccccn3)C2)c1F. The molecule has 2 fully saturated rings. The number of carbonyl (C=O) groups is 1. The zero-order valence-electron chi connectivity index (χ0n) is 17.5. The van der Waals surface area contributed by atoms with E-state index in [9.17, 15) is 9.18 Å². The molecule has 1 aromatic carbocycles. The van der Waals surface area contributed by atoms with Gasteiger partial charge in [-0.25, -0.2) is 4.39 Å². The largest absolute Gasteiger partial charge is 0.494 e. The molecule has 4 rings (SSSR count). The normalized spacial score (nSPS) is 20.9. The number of likely N-dealkylation sites (tertiary alicyclic amines) is 1. The van der Waals surface area contributed by atoms with Crippen LogP contribution in [0.4, 0.5) is 4.39 Å². The van der Waals surface area contributed by atoms with E-state index in [0.29, 0.717) is 12.1 Å². The summed E-state index contributed by atoms with van der Waals surface area (Å²) in [5, 5.41) is 3.30. The van der Waals surface area contributed by atoms with Gasteiger partial charge in [-0.15, -0.1) is 0 Å². The van der Waals surface area contributed by atoms with E-state index in [0.717, 1.165) is 50.9 Å². The van der Waals surface area contributed by atoms with E-state index in [1.165, 1.54) is 7.11 Å². The van der Waals surface area contributed by atoms with Crippen LogP contribution in [0.3, 0.4) is 0 Å². The van der Waals surface area contributed by atoms with Crippen LogP contribution in [0.25, 0.3) is 0 Å². The van der Waals surface area contributed by atoms with E-state index in [-0.39, 0.29) is 35.4 Å². The molecule has 2 atom stereocenters. The van der Waals surface area contributed by atoms with Crippen LogP contribution in [0.2, 0.25) is 0 Å². The third-order valence-corrected chi connectivity index (χ3v) is 6.45. The minimum atomic E-state index is -0.290. The van der Waals surface area contributed by atoms with Gasteiger partial charge in [0.05, 0.1) is 18.8 Å². The summed E-state index contributed by atoms with van der Waals surface area (Å²) in [7, 11) is 1.49. The van der Waals surface area contributed by atoms with Crippen LogP contribution >= 0.6 is 0 Å². The minimum Gasteiger partial charge on any atom is -0.494 e. The summed E-state index contributed by atoms with van der Waals surface area (Å²) in [6, 6.07) is 11.0. The molecular weight excluding hydrogens is 381 g/mol. The number of carbonyl (C=O) groups excluding carboxylic acids is 1. The van der Waals surface area contributed by atoms with Gasteiger partial charge in [-0.05, 0) is 56.3 Å². The molecule has 0 unspecified atom stereocenters. The molecule has 0 radical (unpaired) electrons. The third kappa shape index (κ3) is 4.64. The van der Waals surface area contributed by atoms with Gasteiger partial charge < -0.3 is 10.1 Å². The summed E-state index contributed by atoms with van der Waals surface area (Å²) < 4.78 is 19.8. The van der Waals surface area contributed by atoms with E-state index in [4.69, 9.17) is 4.74 Å². The maximum atomic E-state index is 14.6. The monoisotopic (exact) mass is 411 g/mol. The smallest absolute Gasteiger partial charge is 0.223 e. The fourth-order valence-electron chi connectivity index (χ4n) is 4.52. The summed E-state index contributed by atoms with van der Waals surface area (Å²) in [6.45, 7) is 2.24. The van der Waals surface area contributed by atoms with Crippen LogP contribution in [-0.2, 0) is 11.3 Å². The van der Waals surface area contributed by atoms with Gasteiger partial charge in [0, 0.05) is 30.8 Å². The number of amides is 1. The Kier molecular flexibility index (Phi) is 6.62. The Morgan fingerprint density at radius 3 is 2.80 bits per heavy atom. The molecule has 1 aromatic heterocycles. The number of pyridine rings is 1. The van der Waals surface area contributed by atoms with Crippen molar-refractivity contribution in [1.29, 1.82) is 0 Å². The lowest BCUT2D eigenvalue weighted by molar-refractivity contribution is -0.128. The first-order chi connectivity index (χ1) is 14.7. The second-order valence-electron chi connectivity index (χ2n) is 8.44. The minimum absolute atomic E-state index is 0.114. The number of benzene rings is 1. The van der Waals surface area contributed by atoms with Crippen molar-refractivity contribution in [1.82, 2.24) is 15.2 Å². The van der Waals surface area contributed by atoms with Crippen LogP contribution in [0.1, 0.15) is 49.4 Å². The summed E-state index contributed by atoms with van der Waals surface area (Å²) >= 11 is 0. The molecule has 1 N–H and O–H groups in total. The van der Waals surface area contributed by atoms with Crippen molar-refractivity contribution in [2.45, 2.75) is 44.7 Å². The standard InChI is InChI=1S/C24H30FN3O2/c1-30-21-12-5-9-18(22(21)25)15-28-14-6-10-19(16-28)23(20-11-2-3-13-26-20)27-24(29)17-7-4-8-17/h2-3,5,9,11-13,17,19,23H,4,6-8,10,14-16H2,1H3,(H,27,29)/t19-,23+/m0/s1. The van der Waals surface area contributed by atoms with Gasteiger partial charge in [0.25, 0.3) is 0 Å². The van der Waals surface area contributed by atoms with E-state index in [2.05, 4.69) is 15.2 Å². The van der Waals surface area contributed by atoms with Gasteiger partial charge in [-0.3, -0.25) is 14.7 Å². The average Bonchev–Trinajstić information content (AvgIpc) is 2.73. The number of aromatic nitrogens is 1. The molecular formula is C24H30FN3O2. The zero-order valence-corrected chi connectivity index (χ0v) is 17.5. The van der Waals surface area contributed by atoms with Gasteiger partial charge in [-0.1, -0.05) is 24.6 Å². The lowest BCUT2D eigenvalue weighted by Crippen LogP contribution is -2.45. The highest BCUT2D eigenvalue weighted by Crippen LogP contribution is 2.33. The van der Waals surface area contributed by atoms with Gasteiger partial charge in [-0.2, -0.15) is 0 Å². The maximum absolute atomic E-state index is 14.6. The van der Waals surface area contributed by atoms with Crippen molar-refractivity contribution in [2.24, 2.45) is 11.8 Å². The molecule has 2 aliphatic rings. The summed E-state index contributed by atoms with van der Waals surface area (Å²) in [5.74, 6) is 0.517. The number of nitrogens with one attached hydrogen (secondary N) is 1. The van der Waals surface area contributed by atoms with Crippen molar-refractivity contribution < 1.29 is 13.9 Å². The highest BCUT2D eigenvalue weighted by molar-refractivity contribution is 5.79. The first kappa shape index (κ1) is 20.8. The van der Waals surface area contributed by atoms with E-state index in [1.807, 2.05) is 30.3 Å². The van der Waals surface area contributed by atoms with Crippen LogP contribution in [0, 0.1) is 17.7 Å². The van der Waals surface area contributed by atoms with Crippen molar-refractivity contribution in [3.63, 3.8) is 0 Å². The number of rotatable bonds is 7. The highest BCUT2D eigenvalue weighted by Gasteiger charge is 2.33. The molecule has 30 heavy (non-hydrogen) atoms. The van der Waals surface area contributed by atoms with E-state index < -0.39 is 0 Å². The average molecular weight is 412 g/mol. The first-order valence-electron chi connectivity index (χ1n) is 10.9.